The molecule has 0 bridgehead atoms. The Morgan fingerprint density at radius 1 is 1.19 bits per heavy atom. The maximum atomic E-state index is 11.6. The molecule has 4 rings (SSSR count). The number of pyridine rings is 1. The zero-order valence-corrected chi connectivity index (χ0v) is 15.3. The molecular formula is C19H16N4O3S. The smallest absolute Gasteiger partial charge is 0.224 e. The van der Waals surface area contributed by atoms with Crippen LogP contribution >= 0.6 is 0 Å². The van der Waals surface area contributed by atoms with Crippen LogP contribution in [0.25, 0.3) is 16.9 Å². The number of nitrogens with zero attached hydrogens (tertiary/aromatic N) is 4. The molecule has 27 heavy (non-hydrogen) atoms. The highest BCUT2D eigenvalue weighted by molar-refractivity contribution is 7.90. The van der Waals surface area contributed by atoms with E-state index in [1.807, 2.05) is 0 Å². The number of aromatic hydroxyl groups is 1. The SMILES string of the molecule is CS(=O)(=O)c1ccc(-n2nc(C3CC3)c(-c3ccc(C#N)cc3)c2O)nc1. The molecule has 136 valence electrons. The summed E-state index contributed by atoms with van der Waals surface area (Å²) in [4.78, 5) is 4.25. The second-order valence-electron chi connectivity index (χ2n) is 6.58. The van der Waals surface area contributed by atoms with Crippen LogP contribution in [0.5, 0.6) is 5.88 Å². The Hall–Kier alpha value is -3.18. The zero-order chi connectivity index (χ0) is 19.2. The van der Waals surface area contributed by atoms with Gasteiger partial charge in [-0.1, -0.05) is 12.1 Å². The fourth-order valence-corrected chi connectivity index (χ4v) is 3.49. The van der Waals surface area contributed by atoms with Crippen LogP contribution in [-0.4, -0.2) is 34.5 Å². The first-order valence-electron chi connectivity index (χ1n) is 8.37. The molecule has 0 unspecified atom stereocenters. The minimum atomic E-state index is -3.35. The van der Waals surface area contributed by atoms with Gasteiger partial charge in [0.25, 0.3) is 0 Å². The molecule has 7 nitrogen and oxygen atoms in total. The lowest BCUT2D eigenvalue weighted by atomic mass is 10.0. The Labute approximate surface area is 156 Å². The molecule has 0 amide bonds. The number of benzene rings is 1. The predicted octanol–water partition coefficient (Wildman–Crippen LogP) is 2.79. The van der Waals surface area contributed by atoms with Gasteiger partial charge in [0.05, 0.1) is 27.8 Å². The molecule has 2 heterocycles. The third kappa shape index (κ3) is 3.17. The van der Waals surface area contributed by atoms with Gasteiger partial charge in [-0.15, -0.1) is 0 Å². The van der Waals surface area contributed by atoms with Crippen LogP contribution < -0.4 is 0 Å². The lowest BCUT2D eigenvalue weighted by Crippen LogP contribution is -2.03. The monoisotopic (exact) mass is 380 g/mol. The van der Waals surface area contributed by atoms with Crippen molar-refractivity contribution in [2.24, 2.45) is 0 Å². The molecule has 1 fully saturated rings. The van der Waals surface area contributed by atoms with Crippen molar-refractivity contribution < 1.29 is 13.5 Å². The van der Waals surface area contributed by atoms with E-state index < -0.39 is 9.84 Å². The number of aromatic nitrogens is 3. The van der Waals surface area contributed by atoms with E-state index in [0.717, 1.165) is 30.4 Å². The second-order valence-corrected chi connectivity index (χ2v) is 8.60. The maximum absolute atomic E-state index is 11.6. The Bertz CT molecular complexity index is 1150. The van der Waals surface area contributed by atoms with Gasteiger partial charge in [0, 0.05) is 18.4 Å². The molecule has 1 saturated carbocycles. The Balaban J connectivity index is 1.82. The molecule has 0 spiro atoms. The Morgan fingerprint density at radius 3 is 2.41 bits per heavy atom. The summed E-state index contributed by atoms with van der Waals surface area (Å²) < 4.78 is 24.5. The normalized spacial score (nSPS) is 14.1. The minimum Gasteiger partial charge on any atom is -0.493 e. The molecule has 0 radical (unpaired) electrons. The van der Waals surface area contributed by atoms with Crippen molar-refractivity contribution in [1.82, 2.24) is 14.8 Å². The Morgan fingerprint density at radius 2 is 1.89 bits per heavy atom. The highest BCUT2D eigenvalue weighted by Crippen LogP contribution is 2.47. The van der Waals surface area contributed by atoms with E-state index >= 15 is 0 Å². The van der Waals surface area contributed by atoms with Gasteiger partial charge >= 0.3 is 0 Å². The third-order valence-electron chi connectivity index (χ3n) is 4.52. The minimum absolute atomic E-state index is 0.0544. The lowest BCUT2D eigenvalue weighted by molar-refractivity contribution is 0.433. The molecule has 2 aromatic heterocycles. The standard InChI is InChI=1S/C19H16N4O3S/c1-27(25,26)15-8-9-16(21-11-15)23-19(24)17(18(22-23)14-6-7-14)13-4-2-12(10-20)3-5-13/h2-5,8-9,11,14,24H,6-7H2,1H3. The van der Waals surface area contributed by atoms with Gasteiger partial charge in [-0.05, 0) is 42.7 Å². The summed E-state index contributed by atoms with van der Waals surface area (Å²) in [6.45, 7) is 0. The molecule has 1 N–H and O–H groups in total. The third-order valence-corrected chi connectivity index (χ3v) is 5.62. The van der Waals surface area contributed by atoms with E-state index in [0.29, 0.717) is 16.9 Å². The molecule has 0 atom stereocenters. The predicted molar refractivity (Wildman–Crippen MR) is 98.3 cm³/mol. The number of hydrogen-bond acceptors (Lipinski definition) is 6. The highest BCUT2D eigenvalue weighted by atomic mass is 32.2. The number of nitriles is 1. The van der Waals surface area contributed by atoms with Gasteiger partial charge in [-0.25, -0.2) is 13.4 Å². The first kappa shape index (κ1) is 17.2. The van der Waals surface area contributed by atoms with Crippen LogP contribution in [-0.2, 0) is 9.84 Å². The average molecular weight is 380 g/mol. The summed E-state index contributed by atoms with van der Waals surface area (Å²) in [5.41, 5.74) is 2.71. The first-order valence-corrected chi connectivity index (χ1v) is 10.3. The fourth-order valence-electron chi connectivity index (χ4n) is 2.93. The molecule has 0 aliphatic heterocycles. The average Bonchev–Trinajstić information content (AvgIpc) is 3.44. The van der Waals surface area contributed by atoms with Crippen molar-refractivity contribution >= 4 is 9.84 Å². The van der Waals surface area contributed by atoms with Crippen LogP contribution in [0.2, 0.25) is 0 Å². The quantitative estimate of drug-likeness (QED) is 0.745. The molecule has 1 aliphatic rings. The summed E-state index contributed by atoms with van der Waals surface area (Å²) in [7, 11) is -3.35. The summed E-state index contributed by atoms with van der Waals surface area (Å²) in [5, 5.41) is 24.3. The van der Waals surface area contributed by atoms with Crippen molar-refractivity contribution in [2.75, 3.05) is 6.26 Å². The summed E-state index contributed by atoms with van der Waals surface area (Å²) in [6.07, 6.45) is 4.37. The lowest BCUT2D eigenvalue weighted by Gasteiger charge is -2.05. The van der Waals surface area contributed by atoms with Crippen LogP contribution in [0.4, 0.5) is 0 Å². The molecule has 1 aromatic carbocycles. The van der Waals surface area contributed by atoms with Crippen molar-refractivity contribution in [3.63, 3.8) is 0 Å². The van der Waals surface area contributed by atoms with Gasteiger partial charge < -0.3 is 5.11 Å². The highest BCUT2D eigenvalue weighted by Gasteiger charge is 2.33. The van der Waals surface area contributed by atoms with Crippen LogP contribution in [0.1, 0.15) is 30.0 Å². The van der Waals surface area contributed by atoms with Crippen molar-refractivity contribution in [3.8, 4) is 28.9 Å². The summed E-state index contributed by atoms with van der Waals surface area (Å²) >= 11 is 0. The van der Waals surface area contributed by atoms with Crippen molar-refractivity contribution in [1.29, 1.82) is 5.26 Å². The van der Waals surface area contributed by atoms with Crippen molar-refractivity contribution in [3.05, 3.63) is 53.9 Å². The number of hydrogen-bond donors (Lipinski definition) is 1. The van der Waals surface area contributed by atoms with Gasteiger partial charge in [0.15, 0.2) is 15.7 Å². The second kappa shape index (κ2) is 6.21. The first-order chi connectivity index (χ1) is 12.9. The van der Waals surface area contributed by atoms with Gasteiger partial charge in [-0.3, -0.25) is 0 Å². The Kier molecular flexibility index (Phi) is 3.97. The summed E-state index contributed by atoms with van der Waals surface area (Å²) in [6, 6.07) is 12.0. The van der Waals surface area contributed by atoms with E-state index in [2.05, 4.69) is 16.2 Å². The van der Waals surface area contributed by atoms with Gasteiger partial charge in [0.1, 0.15) is 0 Å². The molecule has 8 heteroatoms. The number of rotatable bonds is 4. The molecular weight excluding hydrogens is 364 g/mol. The van der Waals surface area contributed by atoms with E-state index in [1.165, 1.54) is 23.0 Å². The number of sulfone groups is 1. The molecule has 3 aromatic rings. The van der Waals surface area contributed by atoms with Gasteiger partial charge in [-0.2, -0.15) is 15.0 Å². The summed E-state index contributed by atoms with van der Waals surface area (Å²) in [5.74, 6) is 0.556. The molecule has 1 aliphatic carbocycles. The van der Waals surface area contributed by atoms with E-state index in [1.54, 1.807) is 24.3 Å². The fraction of sp³-hybridized carbons (Fsp3) is 0.211. The topological polar surface area (TPSA) is 109 Å². The zero-order valence-electron chi connectivity index (χ0n) is 14.5. The largest absolute Gasteiger partial charge is 0.493 e. The van der Waals surface area contributed by atoms with Crippen molar-refractivity contribution in [2.45, 2.75) is 23.7 Å². The van der Waals surface area contributed by atoms with Crippen LogP contribution in [0, 0.1) is 11.3 Å². The van der Waals surface area contributed by atoms with Crippen LogP contribution in [0.3, 0.4) is 0 Å². The van der Waals surface area contributed by atoms with E-state index in [-0.39, 0.29) is 16.7 Å². The van der Waals surface area contributed by atoms with Gasteiger partial charge in [0.2, 0.25) is 5.88 Å². The maximum Gasteiger partial charge on any atom is 0.224 e. The van der Waals surface area contributed by atoms with E-state index in [4.69, 9.17) is 5.26 Å². The molecule has 0 saturated heterocycles. The van der Waals surface area contributed by atoms with E-state index in [9.17, 15) is 13.5 Å². The van der Waals surface area contributed by atoms with Crippen LogP contribution in [0.15, 0.2) is 47.5 Å².